The molecule has 34 heavy (non-hydrogen) atoms. The van der Waals surface area contributed by atoms with E-state index >= 15 is 0 Å². The summed E-state index contributed by atoms with van der Waals surface area (Å²) in [6.07, 6.45) is 0.518. The van der Waals surface area contributed by atoms with Crippen LogP contribution in [0.5, 0.6) is 5.75 Å². The third-order valence-corrected chi connectivity index (χ3v) is 5.39. The number of benzene rings is 3. The molecular formula is C29H33NO4. The minimum Gasteiger partial charge on any atom is -0.497 e. The first kappa shape index (κ1) is 25.0. The summed E-state index contributed by atoms with van der Waals surface area (Å²) in [5, 5.41) is 2.94. The van der Waals surface area contributed by atoms with Crippen LogP contribution in [0.1, 0.15) is 49.8 Å². The Labute approximate surface area is 202 Å². The third-order valence-electron chi connectivity index (χ3n) is 5.39. The van der Waals surface area contributed by atoms with Crippen molar-refractivity contribution in [2.45, 2.75) is 51.2 Å². The van der Waals surface area contributed by atoms with Crippen LogP contribution >= 0.6 is 0 Å². The number of carbonyl (C=O) groups is 2. The second kappa shape index (κ2) is 11.5. The molecule has 0 aliphatic rings. The summed E-state index contributed by atoms with van der Waals surface area (Å²) in [5.41, 5.74) is 2.31. The summed E-state index contributed by atoms with van der Waals surface area (Å²) in [4.78, 5) is 26.3. The first-order valence-electron chi connectivity index (χ1n) is 11.5. The topological polar surface area (TPSA) is 64.6 Å². The lowest BCUT2D eigenvalue weighted by Crippen LogP contribution is -2.45. The van der Waals surface area contributed by atoms with Gasteiger partial charge in [-0.15, -0.1) is 0 Å². The fraction of sp³-hybridized carbons (Fsp3) is 0.310. The molecule has 0 saturated heterocycles. The quantitative estimate of drug-likeness (QED) is 0.442. The monoisotopic (exact) mass is 459 g/mol. The van der Waals surface area contributed by atoms with E-state index in [1.165, 1.54) is 0 Å². The molecule has 1 amide bonds. The summed E-state index contributed by atoms with van der Waals surface area (Å²) in [6.45, 7) is 5.45. The Balaban J connectivity index is 1.82. The van der Waals surface area contributed by atoms with Gasteiger partial charge in [-0.2, -0.15) is 0 Å². The van der Waals surface area contributed by atoms with Gasteiger partial charge in [-0.3, -0.25) is 4.79 Å². The van der Waals surface area contributed by atoms with Gasteiger partial charge >= 0.3 is 5.97 Å². The third kappa shape index (κ3) is 7.48. The van der Waals surface area contributed by atoms with Gasteiger partial charge in [0.25, 0.3) is 0 Å². The zero-order valence-electron chi connectivity index (χ0n) is 20.3. The van der Waals surface area contributed by atoms with Crippen molar-refractivity contribution in [3.05, 3.63) is 102 Å². The molecule has 0 saturated carbocycles. The van der Waals surface area contributed by atoms with E-state index in [9.17, 15) is 9.59 Å². The Bertz CT molecular complexity index is 1030. The normalized spacial score (nSPS) is 12.1. The van der Waals surface area contributed by atoms with Crippen LogP contribution in [0.15, 0.2) is 84.9 Å². The number of hydrogen-bond donors (Lipinski definition) is 1. The SMILES string of the molecule is COc1cccc(CC(NC(=O)CC(c2ccccc2)c2ccccc2)C(=O)OC(C)(C)C)c1. The first-order valence-corrected chi connectivity index (χ1v) is 11.5. The number of amides is 1. The van der Waals surface area contributed by atoms with Crippen LogP contribution in [0.25, 0.3) is 0 Å². The van der Waals surface area contributed by atoms with Crippen molar-refractivity contribution >= 4 is 11.9 Å². The minimum absolute atomic E-state index is 0.126. The van der Waals surface area contributed by atoms with Gasteiger partial charge in [0.1, 0.15) is 17.4 Å². The van der Waals surface area contributed by atoms with Crippen LogP contribution in [-0.4, -0.2) is 30.6 Å². The highest BCUT2D eigenvalue weighted by Gasteiger charge is 2.28. The average molecular weight is 460 g/mol. The Morgan fingerprint density at radius 2 is 1.44 bits per heavy atom. The van der Waals surface area contributed by atoms with Crippen LogP contribution in [0.3, 0.4) is 0 Å². The summed E-state index contributed by atoms with van der Waals surface area (Å²) >= 11 is 0. The van der Waals surface area contributed by atoms with Gasteiger partial charge in [-0.25, -0.2) is 4.79 Å². The van der Waals surface area contributed by atoms with E-state index in [4.69, 9.17) is 9.47 Å². The maximum absolute atomic E-state index is 13.3. The van der Waals surface area contributed by atoms with Crippen molar-refractivity contribution in [3.8, 4) is 5.75 Å². The second-order valence-electron chi connectivity index (χ2n) is 9.29. The molecule has 1 atom stereocenters. The summed E-state index contributed by atoms with van der Waals surface area (Å²) in [5.74, 6) is -0.102. The predicted molar refractivity (Wildman–Crippen MR) is 134 cm³/mol. The van der Waals surface area contributed by atoms with E-state index in [0.717, 1.165) is 16.7 Å². The van der Waals surface area contributed by atoms with E-state index in [0.29, 0.717) is 12.2 Å². The molecule has 3 aromatic rings. The van der Waals surface area contributed by atoms with E-state index in [2.05, 4.69) is 5.32 Å². The number of methoxy groups -OCH3 is 1. The number of esters is 1. The van der Waals surface area contributed by atoms with E-state index in [-0.39, 0.29) is 18.2 Å². The largest absolute Gasteiger partial charge is 0.497 e. The van der Waals surface area contributed by atoms with Crippen molar-refractivity contribution in [3.63, 3.8) is 0 Å². The molecule has 3 rings (SSSR count). The molecular weight excluding hydrogens is 426 g/mol. The zero-order valence-corrected chi connectivity index (χ0v) is 20.3. The number of ether oxygens (including phenoxy) is 2. The smallest absolute Gasteiger partial charge is 0.329 e. The number of carbonyl (C=O) groups excluding carboxylic acids is 2. The maximum Gasteiger partial charge on any atom is 0.329 e. The number of hydrogen-bond acceptors (Lipinski definition) is 4. The molecule has 3 aromatic carbocycles. The molecule has 0 aliphatic carbocycles. The van der Waals surface area contributed by atoms with Gasteiger partial charge in [0.05, 0.1) is 7.11 Å². The van der Waals surface area contributed by atoms with Crippen molar-refractivity contribution in [2.24, 2.45) is 0 Å². The van der Waals surface area contributed by atoms with Crippen LogP contribution in [0.4, 0.5) is 0 Å². The Kier molecular flexibility index (Phi) is 8.47. The lowest BCUT2D eigenvalue weighted by atomic mass is 9.88. The van der Waals surface area contributed by atoms with E-state index in [1.54, 1.807) is 7.11 Å². The molecule has 178 valence electrons. The predicted octanol–water partition coefficient (Wildman–Crippen LogP) is 5.29. The minimum atomic E-state index is -0.814. The molecule has 1 unspecified atom stereocenters. The number of nitrogens with one attached hydrogen (secondary N) is 1. The summed E-state index contributed by atoms with van der Waals surface area (Å²) < 4.78 is 10.9. The Morgan fingerprint density at radius 3 is 1.97 bits per heavy atom. The summed E-state index contributed by atoms with van der Waals surface area (Å²) in [7, 11) is 1.60. The molecule has 0 spiro atoms. The highest BCUT2D eigenvalue weighted by atomic mass is 16.6. The molecule has 0 fully saturated rings. The first-order chi connectivity index (χ1) is 16.2. The van der Waals surface area contributed by atoms with Crippen molar-refractivity contribution < 1.29 is 19.1 Å². The summed E-state index contributed by atoms with van der Waals surface area (Å²) in [6, 6.07) is 26.5. The van der Waals surface area contributed by atoms with Crippen LogP contribution in [0, 0.1) is 0 Å². The fourth-order valence-electron chi connectivity index (χ4n) is 3.84. The fourth-order valence-corrected chi connectivity index (χ4v) is 3.84. The highest BCUT2D eigenvalue weighted by Crippen LogP contribution is 2.28. The van der Waals surface area contributed by atoms with Gasteiger partial charge < -0.3 is 14.8 Å². The van der Waals surface area contributed by atoms with Crippen molar-refractivity contribution in [1.29, 1.82) is 0 Å². The van der Waals surface area contributed by atoms with E-state index in [1.807, 2.05) is 106 Å². The van der Waals surface area contributed by atoms with Crippen LogP contribution in [0.2, 0.25) is 0 Å². The molecule has 5 heteroatoms. The lowest BCUT2D eigenvalue weighted by molar-refractivity contribution is -0.158. The average Bonchev–Trinajstić information content (AvgIpc) is 2.82. The highest BCUT2D eigenvalue weighted by molar-refractivity contribution is 5.85. The van der Waals surface area contributed by atoms with Crippen molar-refractivity contribution in [2.75, 3.05) is 7.11 Å². The lowest BCUT2D eigenvalue weighted by Gasteiger charge is -2.25. The molecule has 1 N–H and O–H groups in total. The Morgan fingerprint density at radius 1 is 0.853 bits per heavy atom. The van der Waals surface area contributed by atoms with Gasteiger partial charge in [-0.05, 0) is 49.6 Å². The van der Waals surface area contributed by atoms with Crippen LogP contribution < -0.4 is 10.1 Å². The molecule has 0 heterocycles. The molecule has 0 bridgehead atoms. The maximum atomic E-state index is 13.3. The van der Waals surface area contributed by atoms with Gasteiger partial charge in [0, 0.05) is 18.8 Å². The van der Waals surface area contributed by atoms with Gasteiger partial charge in [0.2, 0.25) is 5.91 Å². The Hall–Kier alpha value is -3.60. The van der Waals surface area contributed by atoms with Crippen LogP contribution in [-0.2, 0) is 20.7 Å². The van der Waals surface area contributed by atoms with Crippen molar-refractivity contribution in [1.82, 2.24) is 5.32 Å². The standard InChI is InChI=1S/C29H33NO4/c1-29(2,3)34-28(32)26(19-21-12-11-17-24(18-21)33-4)30-27(31)20-25(22-13-7-5-8-14-22)23-15-9-6-10-16-23/h5-18,25-26H,19-20H2,1-4H3,(H,30,31). The van der Waals surface area contributed by atoms with E-state index < -0.39 is 17.6 Å². The molecule has 0 radical (unpaired) electrons. The molecule has 0 aromatic heterocycles. The second-order valence-corrected chi connectivity index (χ2v) is 9.29. The molecule has 5 nitrogen and oxygen atoms in total. The molecule has 0 aliphatic heterocycles. The number of rotatable bonds is 9. The van der Waals surface area contributed by atoms with Gasteiger partial charge in [0.15, 0.2) is 0 Å². The van der Waals surface area contributed by atoms with Gasteiger partial charge in [-0.1, -0.05) is 72.8 Å². The zero-order chi connectivity index (χ0) is 24.6.